The Hall–Kier alpha value is -1.40. The zero-order chi connectivity index (χ0) is 19.4. The monoisotopic (exact) mass is 404 g/mol. The van der Waals surface area contributed by atoms with Crippen LogP contribution in [0.25, 0.3) is 0 Å². The van der Waals surface area contributed by atoms with Crippen molar-refractivity contribution in [1.82, 2.24) is 10.2 Å². The Labute approximate surface area is 171 Å². The molecule has 3 aliphatic rings. The first-order valence-corrected chi connectivity index (χ1v) is 11.8. The third-order valence-electron chi connectivity index (χ3n) is 6.75. The van der Waals surface area contributed by atoms with Crippen molar-refractivity contribution in [3.05, 3.63) is 22.4 Å². The first-order chi connectivity index (χ1) is 13.6. The smallest absolute Gasteiger partial charge is 0.227 e. The summed E-state index contributed by atoms with van der Waals surface area (Å²) in [6.07, 6.45) is 10.2. The largest absolute Gasteiger partial charge is 0.370 e. The number of ether oxygens (including phenoxy) is 1. The van der Waals surface area contributed by atoms with Gasteiger partial charge < -0.3 is 15.0 Å². The van der Waals surface area contributed by atoms with Crippen LogP contribution in [0.2, 0.25) is 0 Å². The van der Waals surface area contributed by atoms with Gasteiger partial charge in [-0.05, 0) is 50.0 Å². The molecule has 1 aromatic rings. The normalized spacial score (nSPS) is 25.1. The van der Waals surface area contributed by atoms with E-state index in [1.165, 1.54) is 19.3 Å². The van der Waals surface area contributed by atoms with Gasteiger partial charge in [0.1, 0.15) is 0 Å². The molecule has 2 saturated heterocycles. The van der Waals surface area contributed by atoms with Crippen LogP contribution in [0.15, 0.2) is 17.5 Å². The third kappa shape index (κ3) is 4.77. The summed E-state index contributed by atoms with van der Waals surface area (Å²) in [7, 11) is 0. The average molecular weight is 405 g/mol. The summed E-state index contributed by atoms with van der Waals surface area (Å²) in [5, 5.41) is 5.16. The lowest BCUT2D eigenvalue weighted by atomic mass is 9.88. The number of hydrogen-bond donors (Lipinski definition) is 1. The summed E-state index contributed by atoms with van der Waals surface area (Å²) >= 11 is 1.65. The molecule has 3 fully saturated rings. The summed E-state index contributed by atoms with van der Waals surface area (Å²) in [5.41, 5.74) is -0.0834. The van der Waals surface area contributed by atoms with Crippen LogP contribution in [-0.2, 0) is 20.7 Å². The molecular weight excluding hydrogens is 372 g/mol. The number of nitrogens with zero attached hydrogens (tertiary/aromatic N) is 1. The van der Waals surface area contributed by atoms with E-state index in [2.05, 4.69) is 5.32 Å². The molecule has 1 unspecified atom stereocenters. The number of hydrogen-bond acceptors (Lipinski definition) is 4. The standard InChI is InChI=1S/C22H32N2O3S/c25-20(15-19-7-4-14-28-19)24-12-10-22(11-13-24)9-8-18(27-22)16-23-21(26)17-5-2-1-3-6-17/h4,7,14,17-18H,1-3,5-6,8-13,15-16H2,(H,23,26). The molecule has 1 aliphatic carbocycles. The van der Waals surface area contributed by atoms with Gasteiger partial charge in [0.25, 0.3) is 0 Å². The molecular formula is C22H32N2O3S. The number of amides is 2. The van der Waals surface area contributed by atoms with Crippen molar-refractivity contribution < 1.29 is 14.3 Å². The van der Waals surface area contributed by atoms with Gasteiger partial charge in [-0.2, -0.15) is 0 Å². The molecule has 1 spiro atoms. The molecule has 0 bridgehead atoms. The predicted molar refractivity (Wildman–Crippen MR) is 110 cm³/mol. The quantitative estimate of drug-likeness (QED) is 0.817. The highest BCUT2D eigenvalue weighted by atomic mass is 32.1. The van der Waals surface area contributed by atoms with Crippen LogP contribution in [0.4, 0.5) is 0 Å². The number of piperidine rings is 1. The van der Waals surface area contributed by atoms with Gasteiger partial charge in [0.15, 0.2) is 0 Å². The minimum atomic E-state index is -0.0834. The van der Waals surface area contributed by atoms with Crippen LogP contribution in [0.5, 0.6) is 0 Å². The maximum Gasteiger partial charge on any atom is 0.227 e. The van der Waals surface area contributed by atoms with Crippen molar-refractivity contribution >= 4 is 23.2 Å². The van der Waals surface area contributed by atoms with Crippen molar-refractivity contribution in [2.45, 2.75) is 75.9 Å². The summed E-state index contributed by atoms with van der Waals surface area (Å²) in [6.45, 7) is 2.20. The van der Waals surface area contributed by atoms with E-state index in [-0.39, 0.29) is 29.4 Å². The first kappa shape index (κ1) is 19.9. The van der Waals surface area contributed by atoms with Gasteiger partial charge in [-0.15, -0.1) is 11.3 Å². The molecule has 4 rings (SSSR count). The lowest BCUT2D eigenvalue weighted by molar-refractivity contribution is -0.137. The molecule has 0 radical (unpaired) electrons. The van der Waals surface area contributed by atoms with E-state index in [4.69, 9.17) is 4.74 Å². The zero-order valence-corrected chi connectivity index (χ0v) is 17.5. The second-order valence-corrected chi connectivity index (χ2v) is 9.71. The molecule has 1 aromatic heterocycles. The SMILES string of the molecule is O=C(NCC1CCC2(CCN(C(=O)Cc3cccs3)CC2)O1)C1CCCCC1. The van der Waals surface area contributed by atoms with Crippen LogP contribution in [0.3, 0.4) is 0 Å². The van der Waals surface area contributed by atoms with Gasteiger partial charge >= 0.3 is 0 Å². The van der Waals surface area contributed by atoms with Crippen molar-refractivity contribution in [3.8, 4) is 0 Å². The Bertz CT molecular complexity index is 661. The fraction of sp³-hybridized carbons (Fsp3) is 0.727. The molecule has 1 saturated carbocycles. The number of likely N-dealkylation sites (tertiary alicyclic amines) is 1. The van der Waals surface area contributed by atoms with Crippen molar-refractivity contribution in [1.29, 1.82) is 0 Å². The minimum Gasteiger partial charge on any atom is -0.370 e. The highest BCUT2D eigenvalue weighted by Gasteiger charge is 2.43. The second-order valence-electron chi connectivity index (χ2n) is 8.68. The molecule has 28 heavy (non-hydrogen) atoms. The molecule has 2 aliphatic heterocycles. The molecule has 1 atom stereocenters. The zero-order valence-electron chi connectivity index (χ0n) is 16.7. The predicted octanol–water partition coefficient (Wildman–Crippen LogP) is 3.53. The van der Waals surface area contributed by atoms with Gasteiger partial charge in [-0.25, -0.2) is 0 Å². The van der Waals surface area contributed by atoms with Gasteiger partial charge in [-0.1, -0.05) is 25.3 Å². The third-order valence-corrected chi connectivity index (χ3v) is 7.63. The Morgan fingerprint density at radius 2 is 1.93 bits per heavy atom. The Kier molecular flexibility index (Phi) is 6.36. The van der Waals surface area contributed by atoms with Crippen molar-refractivity contribution in [2.75, 3.05) is 19.6 Å². The molecule has 3 heterocycles. The van der Waals surface area contributed by atoms with Crippen molar-refractivity contribution in [2.24, 2.45) is 5.92 Å². The second kappa shape index (κ2) is 8.95. The van der Waals surface area contributed by atoms with E-state index in [0.29, 0.717) is 13.0 Å². The highest BCUT2D eigenvalue weighted by Crippen LogP contribution is 2.39. The van der Waals surface area contributed by atoms with Crippen LogP contribution < -0.4 is 5.32 Å². The van der Waals surface area contributed by atoms with Crippen LogP contribution in [-0.4, -0.2) is 48.1 Å². The number of nitrogens with one attached hydrogen (secondary N) is 1. The lowest BCUT2D eigenvalue weighted by Gasteiger charge is -2.39. The molecule has 0 aromatic carbocycles. The summed E-state index contributed by atoms with van der Waals surface area (Å²) in [5.74, 6) is 0.659. The van der Waals surface area contributed by atoms with Gasteiger partial charge in [0.05, 0.1) is 18.1 Å². The molecule has 2 amide bonds. The van der Waals surface area contributed by atoms with E-state index in [1.807, 2.05) is 22.4 Å². The van der Waals surface area contributed by atoms with E-state index in [9.17, 15) is 9.59 Å². The Balaban J connectivity index is 1.20. The average Bonchev–Trinajstić information content (AvgIpc) is 3.38. The summed E-state index contributed by atoms with van der Waals surface area (Å²) in [6, 6.07) is 4.03. The van der Waals surface area contributed by atoms with Gasteiger partial charge in [0, 0.05) is 30.4 Å². The maximum atomic E-state index is 12.5. The van der Waals surface area contributed by atoms with E-state index in [0.717, 1.165) is 56.5 Å². The Morgan fingerprint density at radius 3 is 2.64 bits per heavy atom. The Morgan fingerprint density at radius 1 is 1.14 bits per heavy atom. The minimum absolute atomic E-state index is 0.0834. The topological polar surface area (TPSA) is 58.6 Å². The fourth-order valence-corrected chi connectivity index (χ4v) is 5.66. The van der Waals surface area contributed by atoms with Crippen LogP contribution in [0, 0.1) is 5.92 Å². The highest BCUT2D eigenvalue weighted by molar-refractivity contribution is 7.10. The van der Waals surface area contributed by atoms with Gasteiger partial charge in [-0.3, -0.25) is 9.59 Å². The summed E-state index contributed by atoms with van der Waals surface area (Å²) in [4.78, 5) is 28.0. The molecule has 5 nitrogen and oxygen atoms in total. The molecule has 6 heteroatoms. The number of rotatable bonds is 5. The van der Waals surface area contributed by atoms with Crippen LogP contribution >= 0.6 is 11.3 Å². The van der Waals surface area contributed by atoms with E-state index < -0.39 is 0 Å². The molecule has 1 N–H and O–H groups in total. The lowest BCUT2D eigenvalue weighted by Crippen LogP contribution is -2.47. The summed E-state index contributed by atoms with van der Waals surface area (Å²) < 4.78 is 6.41. The number of carbonyl (C=O) groups is 2. The fourth-order valence-electron chi connectivity index (χ4n) is 4.97. The first-order valence-electron chi connectivity index (χ1n) is 10.9. The van der Waals surface area contributed by atoms with Crippen molar-refractivity contribution in [3.63, 3.8) is 0 Å². The number of thiophene rings is 1. The van der Waals surface area contributed by atoms with E-state index in [1.54, 1.807) is 11.3 Å². The maximum absolute atomic E-state index is 12.5. The van der Waals surface area contributed by atoms with Gasteiger partial charge in [0.2, 0.25) is 11.8 Å². The van der Waals surface area contributed by atoms with Crippen LogP contribution in [0.1, 0.15) is 62.7 Å². The number of carbonyl (C=O) groups excluding carboxylic acids is 2. The molecule has 154 valence electrons. The van der Waals surface area contributed by atoms with E-state index >= 15 is 0 Å².